The molecule has 3 aromatic rings. The Morgan fingerprint density at radius 3 is 2.12 bits per heavy atom. The van der Waals surface area contributed by atoms with Crippen LogP contribution < -0.4 is 4.74 Å². The number of hydrogen-bond acceptors (Lipinski definition) is 6. The Hall–Kier alpha value is -3.15. The van der Waals surface area contributed by atoms with Crippen LogP contribution in [0.3, 0.4) is 0 Å². The van der Waals surface area contributed by atoms with E-state index < -0.39 is 12.1 Å². The van der Waals surface area contributed by atoms with Crippen LogP contribution in [0.5, 0.6) is 5.75 Å². The molecule has 1 aromatic heterocycles. The minimum absolute atomic E-state index is 0.118. The lowest BCUT2D eigenvalue weighted by Crippen LogP contribution is -2.19. The third-order valence-electron chi connectivity index (χ3n) is 5.04. The molecule has 0 saturated carbocycles. The summed E-state index contributed by atoms with van der Waals surface area (Å²) in [7, 11) is 0. The van der Waals surface area contributed by atoms with Crippen LogP contribution in [0.1, 0.15) is 30.5 Å². The number of aromatic nitrogens is 2. The predicted octanol–water partition coefficient (Wildman–Crippen LogP) is 2.17. The Kier molecular flexibility index (Phi) is 8.42. The highest BCUT2D eigenvalue weighted by Crippen LogP contribution is 2.23. The number of imidazole rings is 1. The molecule has 0 bridgehead atoms. The molecule has 7 nitrogen and oxygen atoms in total. The fraction of sp³-hybridized carbons (Fsp3) is 0.320. The molecule has 1 heterocycles. The average Bonchev–Trinajstić information content (AvgIpc) is 3.31. The third kappa shape index (κ3) is 5.96. The van der Waals surface area contributed by atoms with Crippen LogP contribution in [0.4, 0.5) is 0 Å². The van der Waals surface area contributed by atoms with Gasteiger partial charge in [0, 0.05) is 23.9 Å². The maximum absolute atomic E-state index is 9.81. The maximum Gasteiger partial charge on any atom is 0.138 e. The van der Waals surface area contributed by atoms with Crippen molar-refractivity contribution in [1.29, 1.82) is 0 Å². The van der Waals surface area contributed by atoms with E-state index in [-0.39, 0.29) is 32.3 Å². The minimum atomic E-state index is -0.747. The van der Waals surface area contributed by atoms with Gasteiger partial charge in [-0.05, 0) is 42.3 Å². The monoisotopic (exact) mass is 436 g/mol. The van der Waals surface area contributed by atoms with Gasteiger partial charge < -0.3 is 29.7 Å². The lowest BCUT2D eigenvalue weighted by atomic mass is 10.0. The summed E-state index contributed by atoms with van der Waals surface area (Å²) in [6.07, 6.45) is 2.53. The van der Waals surface area contributed by atoms with E-state index in [1.54, 1.807) is 23.9 Å². The van der Waals surface area contributed by atoms with Crippen LogP contribution in [0.2, 0.25) is 0 Å². The molecule has 2 atom stereocenters. The number of aliphatic hydroxyl groups excluding tert-OH is 4. The maximum atomic E-state index is 9.81. The number of hydrogen-bond donors (Lipinski definition) is 4. The third-order valence-corrected chi connectivity index (χ3v) is 5.04. The van der Waals surface area contributed by atoms with Crippen molar-refractivity contribution in [3.63, 3.8) is 0 Å². The molecule has 168 valence electrons. The number of aliphatic hydroxyl groups is 4. The standard InChI is InChI=1S/C25H28N2O5/c1-18(31)25-26-12-13-27(25)23(16-30)9-4-19-2-5-21(6-3-19)22-7-10-24(11-8-22)32-17-20(14-28)15-29/h2-3,5-8,10-13,18,20,23,28-31H,14-17H2,1H3/t18-,23?/m0/s1. The topological polar surface area (TPSA) is 108 Å². The van der Waals surface area contributed by atoms with E-state index in [0.717, 1.165) is 16.7 Å². The number of ether oxygens (including phenoxy) is 1. The quantitative estimate of drug-likeness (QED) is 0.383. The van der Waals surface area contributed by atoms with Gasteiger partial charge in [0.25, 0.3) is 0 Å². The van der Waals surface area contributed by atoms with Gasteiger partial charge in [-0.25, -0.2) is 4.98 Å². The fourth-order valence-electron chi connectivity index (χ4n) is 3.15. The summed E-state index contributed by atoms with van der Waals surface area (Å²) in [6.45, 7) is 1.46. The molecule has 0 fully saturated rings. The average molecular weight is 437 g/mol. The second kappa shape index (κ2) is 11.5. The molecule has 0 aliphatic heterocycles. The first-order valence-electron chi connectivity index (χ1n) is 10.4. The van der Waals surface area contributed by atoms with Crippen molar-refractivity contribution in [2.24, 2.45) is 5.92 Å². The zero-order valence-corrected chi connectivity index (χ0v) is 17.9. The second-order valence-electron chi connectivity index (χ2n) is 7.48. The largest absolute Gasteiger partial charge is 0.493 e. The highest BCUT2D eigenvalue weighted by Gasteiger charge is 2.14. The van der Waals surface area contributed by atoms with E-state index in [2.05, 4.69) is 16.8 Å². The van der Waals surface area contributed by atoms with E-state index >= 15 is 0 Å². The first-order valence-corrected chi connectivity index (χ1v) is 10.4. The molecule has 1 unspecified atom stereocenters. The van der Waals surface area contributed by atoms with Gasteiger partial charge in [0.15, 0.2) is 0 Å². The Morgan fingerprint density at radius 1 is 0.938 bits per heavy atom. The SMILES string of the molecule is C[C@H](O)c1nccn1C(C#Cc1ccc(-c2ccc(OCC(CO)CO)cc2)cc1)CO. The van der Waals surface area contributed by atoms with Crippen LogP contribution >= 0.6 is 0 Å². The van der Waals surface area contributed by atoms with Crippen molar-refractivity contribution in [3.05, 3.63) is 72.3 Å². The first kappa shape index (κ1) is 23.5. The van der Waals surface area contributed by atoms with Gasteiger partial charge in [-0.1, -0.05) is 36.1 Å². The highest BCUT2D eigenvalue weighted by atomic mass is 16.5. The molecule has 3 rings (SSSR count). The molecule has 32 heavy (non-hydrogen) atoms. The number of nitrogens with zero attached hydrogens (tertiary/aromatic N) is 2. The van der Waals surface area contributed by atoms with Gasteiger partial charge in [0.1, 0.15) is 23.7 Å². The van der Waals surface area contributed by atoms with Crippen LogP contribution in [-0.4, -0.2) is 56.4 Å². The van der Waals surface area contributed by atoms with E-state index in [9.17, 15) is 10.2 Å². The van der Waals surface area contributed by atoms with Crippen molar-refractivity contribution in [1.82, 2.24) is 9.55 Å². The molecule has 0 amide bonds. The summed E-state index contributed by atoms with van der Waals surface area (Å²) in [5, 5.41) is 37.8. The van der Waals surface area contributed by atoms with Gasteiger partial charge >= 0.3 is 0 Å². The molecule has 7 heteroatoms. The zero-order valence-electron chi connectivity index (χ0n) is 17.9. The Balaban J connectivity index is 1.67. The molecule has 2 aromatic carbocycles. The van der Waals surface area contributed by atoms with Crippen LogP contribution in [0.25, 0.3) is 11.1 Å². The van der Waals surface area contributed by atoms with E-state index in [4.69, 9.17) is 14.9 Å². The number of rotatable bonds is 9. The van der Waals surface area contributed by atoms with Gasteiger partial charge in [0.05, 0.1) is 26.4 Å². The van der Waals surface area contributed by atoms with Crippen LogP contribution in [0.15, 0.2) is 60.9 Å². The molecular formula is C25H28N2O5. The van der Waals surface area contributed by atoms with Crippen LogP contribution in [-0.2, 0) is 0 Å². The Morgan fingerprint density at radius 2 is 1.56 bits per heavy atom. The zero-order chi connectivity index (χ0) is 22.9. The minimum Gasteiger partial charge on any atom is -0.493 e. The molecule has 0 aliphatic rings. The van der Waals surface area contributed by atoms with Crippen molar-refractivity contribution in [2.45, 2.75) is 19.1 Å². The first-order chi connectivity index (χ1) is 15.5. The van der Waals surface area contributed by atoms with Crippen molar-refractivity contribution >= 4 is 0 Å². The van der Waals surface area contributed by atoms with Crippen molar-refractivity contribution in [2.75, 3.05) is 26.4 Å². The molecular weight excluding hydrogens is 408 g/mol. The second-order valence-corrected chi connectivity index (χ2v) is 7.48. The van der Waals surface area contributed by atoms with Gasteiger partial charge in [-0.3, -0.25) is 0 Å². The smallest absolute Gasteiger partial charge is 0.138 e. The van der Waals surface area contributed by atoms with Gasteiger partial charge in [-0.2, -0.15) is 0 Å². The molecule has 0 aliphatic carbocycles. The Bertz CT molecular complexity index is 1030. The summed E-state index contributed by atoms with van der Waals surface area (Å²) in [5.41, 5.74) is 2.85. The lowest BCUT2D eigenvalue weighted by Gasteiger charge is -2.14. The van der Waals surface area contributed by atoms with Gasteiger partial charge in [0.2, 0.25) is 0 Å². The normalized spacial score (nSPS) is 12.8. The summed E-state index contributed by atoms with van der Waals surface area (Å²) in [5.74, 6) is 6.96. The van der Waals surface area contributed by atoms with Crippen molar-refractivity contribution in [3.8, 4) is 28.7 Å². The number of benzene rings is 2. The fourth-order valence-corrected chi connectivity index (χ4v) is 3.15. The van der Waals surface area contributed by atoms with Gasteiger partial charge in [-0.15, -0.1) is 0 Å². The van der Waals surface area contributed by atoms with E-state index in [0.29, 0.717) is 11.6 Å². The summed E-state index contributed by atoms with van der Waals surface area (Å²) in [6, 6.07) is 14.9. The Labute approximate surface area is 187 Å². The van der Waals surface area contributed by atoms with Crippen LogP contribution in [0, 0.1) is 17.8 Å². The van der Waals surface area contributed by atoms with E-state index in [1.165, 1.54) is 0 Å². The molecule has 0 spiro atoms. The summed E-state index contributed by atoms with van der Waals surface area (Å²) >= 11 is 0. The van der Waals surface area contributed by atoms with E-state index in [1.807, 2.05) is 48.5 Å². The lowest BCUT2D eigenvalue weighted by molar-refractivity contribution is 0.106. The molecule has 4 N–H and O–H groups in total. The highest BCUT2D eigenvalue weighted by molar-refractivity contribution is 5.65. The predicted molar refractivity (Wildman–Crippen MR) is 121 cm³/mol. The van der Waals surface area contributed by atoms with Crippen molar-refractivity contribution < 1.29 is 25.2 Å². The summed E-state index contributed by atoms with van der Waals surface area (Å²) in [4.78, 5) is 4.12. The summed E-state index contributed by atoms with van der Waals surface area (Å²) < 4.78 is 7.28. The molecule has 0 saturated heterocycles. The molecule has 0 radical (unpaired) electrons.